The molecular formula is C20H26N2O2. The highest BCUT2D eigenvalue weighted by atomic mass is 16.2. The Kier molecular flexibility index (Phi) is 4.74. The van der Waals surface area contributed by atoms with E-state index in [-0.39, 0.29) is 17.4 Å². The van der Waals surface area contributed by atoms with E-state index in [9.17, 15) is 9.59 Å². The minimum absolute atomic E-state index is 0.0758. The first-order chi connectivity index (χ1) is 11.6. The van der Waals surface area contributed by atoms with Crippen molar-refractivity contribution in [2.75, 3.05) is 19.6 Å². The van der Waals surface area contributed by atoms with Crippen molar-refractivity contribution < 1.29 is 9.59 Å². The molecule has 0 aromatic heterocycles. The lowest BCUT2D eigenvalue weighted by molar-refractivity contribution is -0.143. The van der Waals surface area contributed by atoms with Crippen LogP contribution in [0.3, 0.4) is 0 Å². The zero-order valence-electron chi connectivity index (χ0n) is 14.5. The van der Waals surface area contributed by atoms with Crippen LogP contribution in [0, 0.1) is 6.92 Å². The molecule has 0 aliphatic carbocycles. The molecule has 4 nitrogen and oxygen atoms in total. The van der Waals surface area contributed by atoms with Gasteiger partial charge in [0.1, 0.15) is 0 Å². The topological polar surface area (TPSA) is 40.6 Å². The molecule has 0 unspecified atom stereocenters. The SMILES string of the molecule is C=CCN1C(=O)CCCC12CCN(C(=O)c1ccc(C)cc1)CC2. The van der Waals surface area contributed by atoms with Gasteiger partial charge in [-0.1, -0.05) is 23.8 Å². The molecule has 2 saturated heterocycles. The Morgan fingerprint density at radius 1 is 1.21 bits per heavy atom. The van der Waals surface area contributed by atoms with Gasteiger partial charge in [-0.05, 0) is 44.7 Å². The van der Waals surface area contributed by atoms with Crippen LogP contribution in [0.15, 0.2) is 36.9 Å². The molecule has 0 atom stereocenters. The van der Waals surface area contributed by atoms with Gasteiger partial charge < -0.3 is 9.80 Å². The minimum Gasteiger partial charge on any atom is -0.338 e. The van der Waals surface area contributed by atoms with Crippen LogP contribution in [0.25, 0.3) is 0 Å². The Bertz CT molecular complexity index is 628. The van der Waals surface area contributed by atoms with E-state index in [4.69, 9.17) is 0 Å². The number of benzene rings is 1. The fourth-order valence-electron chi connectivity index (χ4n) is 4.05. The maximum absolute atomic E-state index is 12.7. The van der Waals surface area contributed by atoms with Crippen LogP contribution >= 0.6 is 0 Å². The average molecular weight is 326 g/mol. The largest absolute Gasteiger partial charge is 0.338 e. The van der Waals surface area contributed by atoms with Crippen molar-refractivity contribution in [1.29, 1.82) is 0 Å². The number of piperidine rings is 2. The Balaban J connectivity index is 1.70. The van der Waals surface area contributed by atoms with Gasteiger partial charge in [-0.15, -0.1) is 6.58 Å². The van der Waals surface area contributed by atoms with E-state index in [1.807, 2.05) is 47.1 Å². The molecule has 0 N–H and O–H groups in total. The predicted molar refractivity (Wildman–Crippen MR) is 94.8 cm³/mol. The molecule has 4 heteroatoms. The third-order valence-electron chi connectivity index (χ3n) is 5.50. The van der Waals surface area contributed by atoms with E-state index >= 15 is 0 Å². The Morgan fingerprint density at radius 2 is 1.88 bits per heavy atom. The maximum Gasteiger partial charge on any atom is 0.253 e. The zero-order valence-corrected chi connectivity index (χ0v) is 14.5. The average Bonchev–Trinajstić information content (AvgIpc) is 2.59. The highest BCUT2D eigenvalue weighted by Gasteiger charge is 2.44. The lowest BCUT2D eigenvalue weighted by Gasteiger charge is -2.51. The minimum atomic E-state index is -0.0758. The Hall–Kier alpha value is -2.10. The molecule has 0 saturated carbocycles. The molecule has 2 aliphatic heterocycles. The summed E-state index contributed by atoms with van der Waals surface area (Å²) in [6.07, 6.45) is 6.18. The van der Waals surface area contributed by atoms with Gasteiger partial charge in [0.15, 0.2) is 0 Å². The van der Waals surface area contributed by atoms with Gasteiger partial charge >= 0.3 is 0 Å². The number of carbonyl (C=O) groups excluding carboxylic acids is 2. The van der Waals surface area contributed by atoms with Crippen LogP contribution in [-0.2, 0) is 4.79 Å². The number of amides is 2. The molecule has 1 aromatic rings. The maximum atomic E-state index is 12.7. The molecule has 1 aromatic carbocycles. The zero-order chi connectivity index (χ0) is 17.2. The van der Waals surface area contributed by atoms with Gasteiger partial charge in [-0.2, -0.15) is 0 Å². The molecule has 1 spiro atoms. The third-order valence-corrected chi connectivity index (χ3v) is 5.50. The van der Waals surface area contributed by atoms with Crippen molar-refractivity contribution >= 4 is 11.8 Å². The fourth-order valence-corrected chi connectivity index (χ4v) is 4.05. The second-order valence-corrected chi connectivity index (χ2v) is 7.03. The van der Waals surface area contributed by atoms with Gasteiger partial charge in [0.25, 0.3) is 5.91 Å². The molecule has 0 radical (unpaired) electrons. The van der Waals surface area contributed by atoms with E-state index in [1.165, 1.54) is 0 Å². The monoisotopic (exact) mass is 326 g/mol. The van der Waals surface area contributed by atoms with Crippen LogP contribution in [0.5, 0.6) is 0 Å². The van der Waals surface area contributed by atoms with Crippen LogP contribution < -0.4 is 0 Å². The van der Waals surface area contributed by atoms with E-state index < -0.39 is 0 Å². The molecule has 2 aliphatic rings. The van der Waals surface area contributed by atoms with Crippen molar-refractivity contribution in [2.24, 2.45) is 0 Å². The Morgan fingerprint density at radius 3 is 2.50 bits per heavy atom. The molecule has 3 rings (SSSR count). The summed E-state index contributed by atoms with van der Waals surface area (Å²) in [4.78, 5) is 28.9. The Labute approximate surface area is 144 Å². The summed E-state index contributed by atoms with van der Waals surface area (Å²) < 4.78 is 0. The van der Waals surface area contributed by atoms with Crippen LogP contribution in [-0.4, -0.2) is 46.8 Å². The first-order valence-corrected chi connectivity index (χ1v) is 8.83. The third kappa shape index (κ3) is 3.10. The quantitative estimate of drug-likeness (QED) is 0.801. The number of hydrogen-bond donors (Lipinski definition) is 0. The summed E-state index contributed by atoms with van der Waals surface area (Å²) in [6.45, 7) is 7.87. The highest BCUT2D eigenvalue weighted by Crippen LogP contribution is 2.38. The van der Waals surface area contributed by atoms with E-state index in [0.29, 0.717) is 26.1 Å². The standard InChI is InChI=1S/C20H26N2O2/c1-3-13-22-18(23)5-4-10-20(22)11-14-21(15-12-20)19(24)17-8-6-16(2)7-9-17/h3,6-9H,1,4-5,10-15H2,2H3. The van der Waals surface area contributed by atoms with Crippen LogP contribution in [0.1, 0.15) is 48.0 Å². The first kappa shape index (κ1) is 16.7. The molecule has 2 amide bonds. The van der Waals surface area contributed by atoms with Crippen LogP contribution in [0.2, 0.25) is 0 Å². The predicted octanol–water partition coefficient (Wildman–Crippen LogP) is 3.17. The van der Waals surface area contributed by atoms with Gasteiger partial charge in [-0.25, -0.2) is 0 Å². The van der Waals surface area contributed by atoms with Gasteiger partial charge in [0.05, 0.1) is 0 Å². The molecule has 128 valence electrons. The second kappa shape index (κ2) is 6.80. The summed E-state index contributed by atoms with van der Waals surface area (Å²) in [5, 5.41) is 0. The lowest BCUT2D eigenvalue weighted by Crippen LogP contribution is -2.60. The lowest BCUT2D eigenvalue weighted by atomic mass is 9.78. The first-order valence-electron chi connectivity index (χ1n) is 8.83. The molecule has 24 heavy (non-hydrogen) atoms. The number of nitrogens with zero attached hydrogens (tertiary/aromatic N) is 2. The van der Waals surface area contributed by atoms with Crippen LogP contribution in [0.4, 0.5) is 0 Å². The molecular weight excluding hydrogens is 300 g/mol. The van der Waals surface area contributed by atoms with Gasteiger partial charge in [-0.3, -0.25) is 9.59 Å². The number of carbonyl (C=O) groups is 2. The summed E-state index contributed by atoms with van der Waals surface area (Å²) in [7, 11) is 0. The number of aryl methyl sites for hydroxylation is 1. The number of hydrogen-bond acceptors (Lipinski definition) is 2. The normalized spacial score (nSPS) is 20.3. The highest BCUT2D eigenvalue weighted by molar-refractivity contribution is 5.94. The van der Waals surface area contributed by atoms with E-state index in [0.717, 1.165) is 36.8 Å². The summed E-state index contributed by atoms with van der Waals surface area (Å²) >= 11 is 0. The number of likely N-dealkylation sites (tertiary alicyclic amines) is 2. The molecule has 2 heterocycles. The smallest absolute Gasteiger partial charge is 0.253 e. The van der Waals surface area contributed by atoms with Gasteiger partial charge in [0, 0.05) is 37.2 Å². The summed E-state index contributed by atoms with van der Waals surface area (Å²) in [5.41, 5.74) is 1.83. The van der Waals surface area contributed by atoms with Crippen molar-refractivity contribution in [1.82, 2.24) is 9.80 Å². The fraction of sp³-hybridized carbons (Fsp3) is 0.500. The van der Waals surface area contributed by atoms with Crippen molar-refractivity contribution in [3.05, 3.63) is 48.0 Å². The van der Waals surface area contributed by atoms with Gasteiger partial charge in [0.2, 0.25) is 5.91 Å². The molecule has 0 bridgehead atoms. The van der Waals surface area contributed by atoms with Crippen molar-refractivity contribution in [3.8, 4) is 0 Å². The van der Waals surface area contributed by atoms with Crippen molar-refractivity contribution in [2.45, 2.75) is 44.6 Å². The number of rotatable bonds is 3. The summed E-state index contributed by atoms with van der Waals surface area (Å²) in [6, 6.07) is 7.75. The van der Waals surface area contributed by atoms with Crippen molar-refractivity contribution in [3.63, 3.8) is 0 Å². The van der Waals surface area contributed by atoms with E-state index in [1.54, 1.807) is 0 Å². The second-order valence-electron chi connectivity index (χ2n) is 7.03. The van der Waals surface area contributed by atoms with E-state index in [2.05, 4.69) is 6.58 Å². The molecule has 2 fully saturated rings. The summed E-state index contributed by atoms with van der Waals surface area (Å²) in [5.74, 6) is 0.335.